The van der Waals surface area contributed by atoms with E-state index in [0.29, 0.717) is 50.0 Å². The molecule has 0 spiro atoms. The molecule has 1 fully saturated rings. The second-order valence-corrected chi connectivity index (χ2v) is 9.59. The molecule has 3 atom stereocenters. The number of amides is 1. The van der Waals surface area contributed by atoms with Gasteiger partial charge in [-0.1, -0.05) is 32.4 Å². The number of likely N-dealkylation sites (tertiary alicyclic amines) is 1. The van der Waals surface area contributed by atoms with Gasteiger partial charge in [-0.3, -0.25) is 4.79 Å². The average Bonchev–Trinajstić information content (AvgIpc) is 2.82. The van der Waals surface area contributed by atoms with Crippen molar-refractivity contribution in [1.29, 1.82) is 0 Å². The summed E-state index contributed by atoms with van der Waals surface area (Å²) in [7, 11) is 1.69. The molecule has 3 unspecified atom stereocenters. The number of piperidine rings is 1. The maximum atomic E-state index is 12.9. The number of unbranched alkanes of at least 4 members (excludes halogenated alkanes) is 1. The van der Waals surface area contributed by atoms with Crippen LogP contribution in [0.4, 0.5) is 0 Å². The molecule has 0 aromatic heterocycles. The fourth-order valence-electron chi connectivity index (χ4n) is 4.27. The molecule has 0 saturated carbocycles. The minimum atomic E-state index is -0.549. The summed E-state index contributed by atoms with van der Waals surface area (Å²) < 4.78 is 10.9. The van der Waals surface area contributed by atoms with Crippen molar-refractivity contribution >= 4 is 5.91 Å². The number of carbonyl (C=O) groups excluding carboxylic acids is 1. The predicted molar refractivity (Wildman–Crippen MR) is 133 cm³/mol. The molecule has 1 aromatic carbocycles. The normalized spacial score (nSPS) is 17.5. The van der Waals surface area contributed by atoms with Crippen molar-refractivity contribution in [2.75, 3.05) is 46.5 Å². The number of nitrogens with two attached hydrogens (primary N) is 1. The van der Waals surface area contributed by atoms with Crippen LogP contribution in [0.3, 0.4) is 0 Å². The number of ether oxygens (including phenoxy) is 2. The van der Waals surface area contributed by atoms with Crippen LogP contribution >= 0.6 is 0 Å². The van der Waals surface area contributed by atoms with E-state index in [1.54, 1.807) is 13.2 Å². The molecule has 1 amide bonds. The van der Waals surface area contributed by atoms with E-state index in [2.05, 4.69) is 24.1 Å². The molecule has 33 heavy (non-hydrogen) atoms. The Hall–Kier alpha value is -1.67. The number of rotatable bonds is 15. The quantitative estimate of drug-likeness (QED) is 0.346. The number of nitrogens with one attached hydrogen (secondary N) is 1. The van der Waals surface area contributed by atoms with Gasteiger partial charge in [0, 0.05) is 32.8 Å². The van der Waals surface area contributed by atoms with Gasteiger partial charge in [0.05, 0.1) is 18.3 Å². The molecule has 1 aliphatic heterocycles. The van der Waals surface area contributed by atoms with Crippen LogP contribution in [-0.4, -0.2) is 74.6 Å². The highest BCUT2D eigenvalue weighted by molar-refractivity contribution is 5.96. The van der Waals surface area contributed by atoms with Crippen LogP contribution in [0, 0.1) is 11.8 Å². The molecule has 4 N–H and O–H groups in total. The van der Waals surface area contributed by atoms with Crippen molar-refractivity contribution in [3.63, 3.8) is 0 Å². The summed E-state index contributed by atoms with van der Waals surface area (Å²) in [6.45, 7) is 8.76. The zero-order chi connectivity index (χ0) is 24.1. The molecule has 1 heterocycles. The first-order valence-corrected chi connectivity index (χ1v) is 12.6. The first-order chi connectivity index (χ1) is 15.9. The van der Waals surface area contributed by atoms with E-state index in [4.69, 9.17) is 15.2 Å². The number of hydrogen-bond donors (Lipinski definition) is 3. The Morgan fingerprint density at radius 2 is 1.85 bits per heavy atom. The second kappa shape index (κ2) is 15.3. The summed E-state index contributed by atoms with van der Waals surface area (Å²) in [6.07, 6.45) is 5.58. The first-order valence-electron chi connectivity index (χ1n) is 12.6. The van der Waals surface area contributed by atoms with E-state index in [9.17, 15) is 9.90 Å². The van der Waals surface area contributed by atoms with Gasteiger partial charge in [0.15, 0.2) is 0 Å². The molecular weight excluding hydrogens is 418 g/mol. The van der Waals surface area contributed by atoms with Crippen molar-refractivity contribution in [3.05, 3.63) is 29.8 Å². The van der Waals surface area contributed by atoms with Crippen LogP contribution in [0.5, 0.6) is 5.75 Å². The highest BCUT2D eigenvalue weighted by Gasteiger charge is 2.25. The smallest absolute Gasteiger partial charge is 0.255 e. The molecule has 2 rings (SSSR count). The molecule has 7 heteroatoms. The number of methoxy groups -OCH3 is 1. The van der Waals surface area contributed by atoms with Gasteiger partial charge in [-0.15, -0.1) is 0 Å². The van der Waals surface area contributed by atoms with Gasteiger partial charge in [0.1, 0.15) is 5.75 Å². The Kier molecular flexibility index (Phi) is 12.8. The second-order valence-electron chi connectivity index (χ2n) is 9.59. The first kappa shape index (κ1) is 27.6. The number of carbonyl (C=O) groups is 1. The Bertz CT molecular complexity index is 679. The number of aliphatic hydroxyl groups excluding tert-OH is 1. The third kappa shape index (κ3) is 10.0. The Balaban J connectivity index is 1.85. The van der Waals surface area contributed by atoms with Gasteiger partial charge in [-0.25, -0.2) is 0 Å². The SMILES string of the molecule is COCCCCOc1ccccc1C(=O)NCC(CC(N)C(O)CN1CCCCC1)C(C)C. The van der Waals surface area contributed by atoms with Gasteiger partial charge >= 0.3 is 0 Å². The van der Waals surface area contributed by atoms with Crippen LogP contribution < -0.4 is 15.8 Å². The zero-order valence-electron chi connectivity index (χ0n) is 20.8. The Labute approximate surface area is 200 Å². The van der Waals surface area contributed by atoms with Gasteiger partial charge in [-0.2, -0.15) is 0 Å². The van der Waals surface area contributed by atoms with Crippen LogP contribution in [0.25, 0.3) is 0 Å². The monoisotopic (exact) mass is 463 g/mol. The molecular formula is C26H45N3O4. The minimum absolute atomic E-state index is 0.143. The number of para-hydroxylation sites is 1. The van der Waals surface area contributed by atoms with E-state index >= 15 is 0 Å². The zero-order valence-corrected chi connectivity index (χ0v) is 20.8. The Morgan fingerprint density at radius 3 is 2.55 bits per heavy atom. The van der Waals surface area contributed by atoms with Gasteiger partial charge in [0.2, 0.25) is 0 Å². The Morgan fingerprint density at radius 1 is 1.15 bits per heavy atom. The van der Waals surface area contributed by atoms with Crippen LogP contribution in [0.2, 0.25) is 0 Å². The topological polar surface area (TPSA) is 97.0 Å². The van der Waals surface area contributed by atoms with Crippen molar-refractivity contribution in [2.24, 2.45) is 17.6 Å². The summed E-state index contributed by atoms with van der Waals surface area (Å²) in [6, 6.07) is 7.04. The molecule has 7 nitrogen and oxygen atoms in total. The molecule has 0 bridgehead atoms. The largest absolute Gasteiger partial charge is 0.493 e. The number of hydrogen-bond acceptors (Lipinski definition) is 6. The molecule has 1 aromatic rings. The summed E-state index contributed by atoms with van der Waals surface area (Å²) in [5.74, 6) is 0.977. The lowest BCUT2D eigenvalue weighted by atomic mass is 9.87. The van der Waals surface area contributed by atoms with E-state index < -0.39 is 6.10 Å². The summed E-state index contributed by atoms with van der Waals surface area (Å²) >= 11 is 0. The number of β-amino-alcohol motifs (C(OH)–C–C–N with tert-alkyl or cyclic N) is 1. The summed E-state index contributed by atoms with van der Waals surface area (Å²) in [5.41, 5.74) is 6.93. The van der Waals surface area contributed by atoms with Crippen molar-refractivity contribution in [3.8, 4) is 5.75 Å². The number of benzene rings is 1. The fraction of sp³-hybridized carbons (Fsp3) is 0.731. The van der Waals surface area contributed by atoms with Gasteiger partial charge < -0.3 is 30.5 Å². The van der Waals surface area contributed by atoms with E-state index in [-0.39, 0.29) is 17.9 Å². The molecule has 0 radical (unpaired) electrons. The number of aliphatic hydroxyl groups is 1. The lowest BCUT2D eigenvalue weighted by Gasteiger charge is -2.32. The van der Waals surface area contributed by atoms with Crippen molar-refractivity contribution < 1.29 is 19.4 Å². The predicted octanol–water partition coefficient (Wildman–Crippen LogP) is 3.06. The van der Waals surface area contributed by atoms with E-state index in [1.165, 1.54) is 19.3 Å². The average molecular weight is 464 g/mol. The van der Waals surface area contributed by atoms with Crippen molar-refractivity contribution in [2.45, 2.75) is 64.5 Å². The third-order valence-electron chi connectivity index (χ3n) is 6.56. The van der Waals surface area contributed by atoms with E-state index in [1.807, 2.05) is 18.2 Å². The molecule has 0 aliphatic carbocycles. The minimum Gasteiger partial charge on any atom is -0.493 e. The molecule has 188 valence electrons. The fourth-order valence-corrected chi connectivity index (χ4v) is 4.27. The lowest BCUT2D eigenvalue weighted by Crippen LogP contribution is -2.47. The summed E-state index contributed by atoms with van der Waals surface area (Å²) in [5, 5.41) is 13.7. The van der Waals surface area contributed by atoms with Crippen molar-refractivity contribution in [1.82, 2.24) is 10.2 Å². The third-order valence-corrected chi connectivity index (χ3v) is 6.56. The van der Waals surface area contributed by atoms with E-state index in [0.717, 1.165) is 25.9 Å². The van der Waals surface area contributed by atoms with Crippen LogP contribution in [-0.2, 0) is 4.74 Å². The highest BCUT2D eigenvalue weighted by atomic mass is 16.5. The van der Waals surface area contributed by atoms with Crippen LogP contribution in [0.15, 0.2) is 24.3 Å². The summed E-state index contributed by atoms with van der Waals surface area (Å²) in [4.78, 5) is 15.2. The lowest BCUT2D eigenvalue weighted by molar-refractivity contribution is 0.0716. The maximum absolute atomic E-state index is 12.9. The maximum Gasteiger partial charge on any atom is 0.255 e. The standard InChI is InChI=1S/C26H45N3O4/c1-20(2)21(17-23(27)24(30)19-29-13-7-4-8-14-29)18-28-26(31)22-11-5-6-12-25(22)33-16-10-9-15-32-3/h5-6,11-12,20-21,23-24,30H,4,7-10,13-19,27H2,1-3H3,(H,28,31). The number of nitrogens with zero attached hydrogens (tertiary/aromatic N) is 1. The van der Waals surface area contributed by atoms with Gasteiger partial charge in [0.25, 0.3) is 5.91 Å². The molecule has 1 aliphatic rings. The van der Waals surface area contributed by atoms with Crippen LogP contribution in [0.1, 0.15) is 62.7 Å². The highest BCUT2D eigenvalue weighted by Crippen LogP contribution is 2.21. The van der Waals surface area contributed by atoms with Gasteiger partial charge in [-0.05, 0) is 69.2 Å². The molecule has 1 saturated heterocycles.